The van der Waals surface area contributed by atoms with E-state index in [2.05, 4.69) is 66.0 Å². The number of aromatic hydroxyl groups is 2. The maximum atomic E-state index is 11.7. The maximum absolute atomic E-state index is 11.7. The molecule has 0 amide bonds. The Morgan fingerprint density at radius 3 is 0.839 bits per heavy atom. The molecular weight excluding hydrogens is 1570 g/mol. The van der Waals surface area contributed by atoms with E-state index in [0.29, 0.717) is 103 Å². The highest BCUT2D eigenvalue weighted by Crippen LogP contribution is 2.67. The second-order valence-corrected chi connectivity index (χ2v) is 39.1. The number of rotatable bonds is 20. The second kappa shape index (κ2) is 40.6. The number of carboxylic acid groups (broad SMARTS) is 3. The van der Waals surface area contributed by atoms with Gasteiger partial charge in [0.2, 0.25) is 0 Å². The topological polar surface area (TPSA) is 288 Å². The van der Waals surface area contributed by atoms with Crippen LogP contribution in [0.15, 0.2) is 158 Å². The lowest BCUT2D eigenvalue weighted by atomic mass is 9.46. The van der Waals surface area contributed by atoms with E-state index >= 15 is 0 Å². The highest BCUT2D eigenvalue weighted by Gasteiger charge is 2.64. The highest BCUT2D eigenvalue weighted by atomic mass is 16.7. The van der Waals surface area contributed by atoms with Crippen molar-refractivity contribution in [1.29, 1.82) is 0 Å². The molecule has 9 saturated carbocycles. The van der Waals surface area contributed by atoms with E-state index in [-0.39, 0.29) is 85.5 Å². The molecule has 3 aliphatic heterocycles. The number of methoxy groups -OCH3 is 2. The van der Waals surface area contributed by atoms with Gasteiger partial charge >= 0.3 is 29.8 Å². The number of carbonyl (C=O) groups excluding carboxylic acids is 2. The minimum absolute atomic E-state index is 0.000185. The van der Waals surface area contributed by atoms with Crippen molar-refractivity contribution in [2.45, 2.75) is 252 Å². The third-order valence-corrected chi connectivity index (χ3v) is 31.8. The number of ether oxygens (including phenoxy) is 11. The summed E-state index contributed by atoms with van der Waals surface area (Å²) in [7, 11) is 2.71. The molecule has 3 saturated heterocycles. The van der Waals surface area contributed by atoms with Gasteiger partial charge in [-0.25, -0.2) is 24.0 Å². The maximum Gasteiger partial charge on any atom is 0.337 e. The molecule has 0 radical (unpaired) electrons. The summed E-state index contributed by atoms with van der Waals surface area (Å²) in [6, 6.07) is 31.8. The fourth-order valence-corrected chi connectivity index (χ4v) is 25.0. The van der Waals surface area contributed by atoms with Crippen molar-refractivity contribution in [3.63, 3.8) is 0 Å². The normalized spacial score (nSPS) is 33.1. The molecule has 17 rings (SSSR count). The van der Waals surface area contributed by atoms with Crippen molar-refractivity contribution in [3.05, 3.63) is 186 Å². The van der Waals surface area contributed by atoms with Gasteiger partial charge in [0, 0.05) is 34.0 Å². The number of phenolic OH excluding ortho intramolecular Hbond substituents is 2. The zero-order chi connectivity index (χ0) is 88.3. The molecule has 124 heavy (non-hydrogen) atoms. The molecule has 5 aromatic rings. The van der Waals surface area contributed by atoms with Crippen LogP contribution in [0.5, 0.6) is 28.7 Å². The predicted molar refractivity (Wildman–Crippen MR) is 472 cm³/mol. The fraction of sp³-hybridized carbons (Fsp3) is 0.602. The summed E-state index contributed by atoms with van der Waals surface area (Å²) >= 11 is 0. The van der Waals surface area contributed by atoms with Crippen molar-refractivity contribution < 1.29 is 102 Å². The summed E-state index contributed by atoms with van der Waals surface area (Å²) in [5.74, 6) is 3.55. The van der Waals surface area contributed by atoms with E-state index < -0.39 is 23.9 Å². The first-order valence-electron chi connectivity index (χ1n) is 45.9. The van der Waals surface area contributed by atoms with E-state index in [1.54, 1.807) is 60.7 Å². The van der Waals surface area contributed by atoms with Crippen LogP contribution in [0.1, 0.15) is 267 Å². The molecular formula is C103H136O21. The number of carboxylic acids is 3. The summed E-state index contributed by atoms with van der Waals surface area (Å²) in [4.78, 5) is 54.9. The summed E-state index contributed by atoms with van der Waals surface area (Å²) in [5.41, 5.74) is 6.47. The summed E-state index contributed by atoms with van der Waals surface area (Å²) in [6.45, 7) is 32.5. The van der Waals surface area contributed by atoms with E-state index in [9.17, 15) is 24.0 Å². The molecule has 5 aromatic carbocycles. The van der Waals surface area contributed by atoms with Gasteiger partial charge in [0.1, 0.15) is 28.7 Å². The van der Waals surface area contributed by atoms with Gasteiger partial charge in [-0.1, -0.05) is 117 Å². The molecule has 3 heterocycles. The Morgan fingerprint density at radius 2 is 0.589 bits per heavy atom. The van der Waals surface area contributed by atoms with Crippen LogP contribution in [0, 0.1) is 85.8 Å². The van der Waals surface area contributed by atoms with Crippen LogP contribution in [0.25, 0.3) is 0 Å². The molecule has 12 aliphatic rings. The van der Waals surface area contributed by atoms with Crippen LogP contribution in [0.2, 0.25) is 0 Å². The summed E-state index contributed by atoms with van der Waals surface area (Å²) in [5, 5.41) is 44.2. The number of benzene rings is 5. The number of aromatic carboxylic acids is 3. The number of carbonyl (C=O) groups is 5. The third-order valence-electron chi connectivity index (χ3n) is 31.8. The Hall–Kier alpha value is -8.57. The van der Waals surface area contributed by atoms with Gasteiger partial charge in [0.05, 0.1) is 100.0 Å². The van der Waals surface area contributed by atoms with Gasteiger partial charge in [0.15, 0.2) is 18.9 Å². The van der Waals surface area contributed by atoms with Crippen molar-refractivity contribution in [2.75, 3.05) is 53.9 Å². The zero-order valence-corrected chi connectivity index (χ0v) is 74.4. The van der Waals surface area contributed by atoms with Gasteiger partial charge in [-0.05, 0) is 308 Å². The fourth-order valence-electron chi connectivity index (χ4n) is 25.0. The lowest BCUT2D eigenvalue weighted by Crippen LogP contribution is -2.62. The first kappa shape index (κ1) is 93.1. The monoisotopic (exact) mass is 1710 g/mol. The number of allylic oxidation sites excluding steroid dienone is 3. The van der Waals surface area contributed by atoms with Crippen molar-refractivity contribution in [2.24, 2.45) is 85.8 Å². The van der Waals surface area contributed by atoms with Crippen molar-refractivity contribution in [3.8, 4) is 28.7 Å². The first-order valence-corrected chi connectivity index (χ1v) is 45.9. The summed E-state index contributed by atoms with van der Waals surface area (Å²) < 4.78 is 66.8. The van der Waals surface area contributed by atoms with Gasteiger partial charge in [-0.15, -0.1) is 0 Å². The SMILES string of the molecule is C=C1CCC2[C@]3(C)CO[C@@H](C4CCCC4)O[C@@H]3CC[C@@]2(C)[C@@H]1CCOc1ccc(C(=O)O)cc1.C=C1CCC2[C@]3(C)CO[C@@H](C4CCCC4)O[C@@H]3CC[C@@]2(C)[C@@H]1CCOc1ccc(C(=O)O)cc1.C=C1CCC2[C@]3(C)CO[C@@H](C4CCCC4)O[C@@H]3CC[C@@]2(C)[C@@H]1CCOc1ccc(C(=O)OC)cc1.COC(=O)c1ccc(O)cc1.O=C(O)c1ccc(O)cc1. The molecule has 0 aromatic heterocycles. The molecule has 18 atom stereocenters. The Labute approximate surface area is 733 Å². The largest absolute Gasteiger partial charge is 0.508 e. The van der Waals surface area contributed by atoms with E-state index in [1.807, 2.05) is 12.1 Å². The lowest BCUT2D eigenvalue weighted by Gasteiger charge is -2.63. The van der Waals surface area contributed by atoms with E-state index in [4.69, 9.17) is 72.9 Å². The standard InChI is InChI=1S/C30H42O5.2C29H40O5.C8H8O3.C7H6O3/c1-20-9-14-25-29(2,24(20)16-18-33-23-12-10-21(11-13-23)27(31)32-4)17-15-26-30(25,3)19-34-28(35-26)22-7-5-6-8-22;2*1-19-8-13-24-28(2,23(19)15-17-32-22-11-9-20(10-12-22)26(30)31)16-14-25-29(24,3)18-33-27(34-25)21-6-4-5-7-21;1-11-8(10)6-2-4-7(9)5-3-6;8-6-3-1-5(2-4-6)7(9)10/h10-13,22,24-26,28H,1,5-9,14-19H2,2-4H3;2*9-12,21,23-25,27H,1,4-8,13-18H2,2-3H3,(H,30,31);2-5,9H,1H3;1-4,8H,(H,9,10)/t24-,25?,26-,28-,29+,30+;2*23-,24?,25-,27-,28+,29+;;/m111../s1. The van der Waals surface area contributed by atoms with Gasteiger partial charge < -0.3 is 77.6 Å². The average Bonchev–Trinajstić information content (AvgIpc) is 0.855. The minimum atomic E-state index is -0.986. The average molecular weight is 1710 g/mol. The highest BCUT2D eigenvalue weighted by molar-refractivity contribution is 5.90. The van der Waals surface area contributed by atoms with Crippen molar-refractivity contribution >= 4 is 29.8 Å². The van der Waals surface area contributed by atoms with Crippen LogP contribution in [0.3, 0.4) is 0 Å². The molecule has 9 aliphatic carbocycles. The van der Waals surface area contributed by atoms with Crippen LogP contribution in [0.4, 0.5) is 0 Å². The predicted octanol–water partition coefficient (Wildman–Crippen LogP) is 21.8. The number of phenols is 2. The van der Waals surface area contributed by atoms with Gasteiger partial charge in [-0.3, -0.25) is 0 Å². The lowest BCUT2D eigenvalue weighted by molar-refractivity contribution is -0.316. The Morgan fingerprint density at radius 1 is 0.347 bits per heavy atom. The molecule has 0 bridgehead atoms. The quantitative estimate of drug-likeness (QED) is 0.0357. The molecule has 0 spiro atoms. The second-order valence-electron chi connectivity index (χ2n) is 39.1. The zero-order valence-electron chi connectivity index (χ0n) is 74.4. The Bertz CT molecular complexity index is 4300. The molecule has 5 N–H and O–H groups in total. The van der Waals surface area contributed by atoms with Crippen LogP contribution >= 0.6 is 0 Å². The Balaban J connectivity index is 0.000000143. The molecule has 21 nitrogen and oxygen atoms in total. The smallest absolute Gasteiger partial charge is 0.337 e. The molecule has 21 heteroatoms. The van der Waals surface area contributed by atoms with Gasteiger partial charge in [0.25, 0.3) is 0 Å². The summed E-state index contributed by atoms with van der Waals surface area (Å²) in [6.07, 6.45) is 32.6. The van der Waals surface area contributed by atoms with Crippen LogP contribution < -0.4 is 14.2 Å². The van der Waals surface area contributed by atoms with E-state index in [1.165, 1.54) is 169 Å². The molecule has 674 valence electrons. The van der Waals surface area contributed by atoms with Crippen LogP contribution in [-0.2, 0) is 37.9 Å². The number of hydrogen-bond acceptors (Lipinski definition) is 18. The van der Waals surface area contributed by atoms with Crippen molar-refractivity contribution in [1.82, 2.24) is 0 Å². The number of fused-ring (bicyclic) bond motifs is 9. The first-order chi connectivity index (χ1) is 59.4. The molecule has 12 fully saturated rings. The molecule has 3 unspecified atom stereocenters. The Kier molecular flexibility index (Phi) is 30.5. The minimum Gasteiger partial charge on any atom is -0.508 e. The van der Waals surface area contributed by atoms with Crippen LogP contribution in [-0.4, -0.2) is 146 Å². The third kappa shape index (κ3) is 20.7. The van der Waals surface area contributed by atoms with Gasteiger partial charge in [-0.2, -0.15) is 0 Å². The van der Waals surface area contributed by atoms with E-state index in [0.717, 1.165) is 121 Å². The number of esters is 2. The number of hydrogen-bond donors (Lipinski definition) is 5.